The number of benzene rings is 2. The summed E-state index contributed by atoms with van der Waals surface area (Å²) in [6, 6.07) is 8.36. The molecule has 0 fully saturated rings. The van der Waals surface area contributed by atoms with Crippen molar-refractivity contribution in [1.29, 1.82) is 5.41 Å². The van der Waals surface area contributed by atoms with Crippen molar-refractivity contribution in [3.05, 3.63) is 52.8 Å². The lowest BCUT2D eigenvalue weighted by atomic mass is 10.1. The van der Waals surface area contributed by atoms with E-state index in [1.807, 2.05) is 13.8 Å². The fourth-order valence-electron chi connectivity index (χ4n) is 2.07. The van der Waals surface area contributed by atoms with E-state index in [9.17, 15) is 4.39 Å². The van der Waals surface area contributed by atoms with Crippen LogP contribution in [0.3, 0.4) is 0 Å². The number of aryl methyl sites for hydroxylation is 1. The van der Waals surface area contributed by atoms with E-state index in [0.29, 0.717) is 16.8 Å². The van der Waals surface area contributed by atoms with Crippen LogP contribution < -0.4 is 11.1 Å². The van der Waals surface area contributed by atoms with Gasteiger partial charge in [0.2, 0.25) is 0 Å². The van der Waals surface area contributed by atoms with Crippen LogP contribution in [0.2, 0.25) is 0 Å². The SMILES string of the molecule is Cc1cc(Nc2cc(C=N)c(N)cc2C#CC(C)C)ccc1F. The third-order valence-electron chi connectivity index (χ3n) is 3.31. The topological polar surface area (TPSA) is 61.9 Å². The van der Waals surface area contributed by atoms with E-state index in [4.69, 9.17) is 11.1 Å². The summed E-state index contributed by atoms with van der Waals surface area (Å²) >= 11 is 0. The lowest BCUT2D eigenvalue weighted by molar-refractivity contribution is 0.619. The molecule has 0 unspecified atom stereocenters. The summed E-state index contributed by atoms with van der Waals surface area (Å²) < 4.78 is 13.4. The maximum absolute atomic E-state index is 13.4. The Labute approximate surface area is 136 Å². The molecule has 118 valence electrons. The number of hydrogen-bond donors (Lipinski definition) is 3. The van der Waals surface area contributed by atoms with Crippen LogP contribution in [-0.4, -0.2) is 6.21 Å². The molecular weight excluding hydrogens is 289 g/mol. The molecule has 0 radical (unpaired) electrons. The van der Waals surface area contributed by atoms with Gasteiger partial charge < -0.3 is 16.5 Å². The smallest absolute Gasteiger partial charge is 0.126 e. The number of nitrogen functional groups attached to an aromatic ring is 1. The van der Waals surface area contributed by atoms with Gasteiger partial charge in [-0.05, 0) is 42.8 Å². The van der Waals surface area contributed by atoms with Crippen LogP contribution in [0.5, 0.6) is 0 Å². The summed E-state index contributed by atoms with van der Waals surface area (Å²) in [5, 5.41) is 10.7. The first-order valence-corrected chi connectivity index (χ1v) is 7.39. The first kappa shape index (κ1) is 16.6. The molecule has 0 saturated carbocycles. The van der Waals surface area contributed by atoms with Crippen molar-refractivity contribution in [2.45, 2.75) is 20.8 Å². The van der Waals surface area contributed by atoms with Gasteiger partial charge in [-0.25, -0.2) is 4.39 Å². The second kappa shape index (κ2) is 6.97. The van der Waals surface area contributed by atoms with E-state index in [2.05, 4.69) is 17.2 Å². The number of nitrogens with one attached hydrogen (secondary N) is 2. The predicted octanol–water partition coefficient (Wildman–Crippen LogP) is 4.47. The monoisotopic (exact) mass is 309 g/mol. The number of nitrogens with two attached hydrogens (primary N) is 1. The predicted molar refractivity (Wildman–Crippen MR) is 94.9 cm³/mol. The molecule has 0 aliphatic rings. The normalized spacial score (nSPS) is 10.1. The molecule has 4 N–H and O–H groups in total. The van der Waals surface area contributed by atoms with Crippen molar-refractivity contribution in [3.8, 4) is 11.8 Å². The average molecular weight is 309 g/mol. The van der Waals surface area contributed by atoms with Crippen LogP contribution in [0.15, 0.2) is 30.3 Å². The highest BCUT2D eigenvalue weighted by molar-refractivity contribution is 5.89. The second-order valence-electron chi connectivity index (χ2n) is 5.68. The quantitative estimate of drug-likeness (QED) is 0.445. The van der Waals surface area contributed by atoms with Gasteiger partial charge in [0.15, 0.2) is 0 Å². The number of halogens is 1. The van der Waals surface area contributed by atoms with Gasteiger partial charge in [-0.2, -0.15) is 0 Å². The van der Waals surface area contributed by atoms with Crippen LogP contribution >= 0.6 is 0 Å². The molecular formula is C19H20FN3. The Hall–Kier alpha value is -2.80. The Morgan fingerprint density at radius 2 is 2.00 bits per heavy atom. The molecule has 2 aromatic rings. The number of hydrogen-bond acceptors (Lipinski definition) is 3. The fourth-order valence-corrected chi connectivity index (χ4v) is 2.07. The van der Waals surface area contributed by atoms with E-state index >= 15 is 0 Å². The lowest BCUT2D eigenvalue weighted by Crippen LogP contribution is -2.00. The zero-order valence-electron chi connectivity index (χ0n) is 13.5. The van der Waals surface area contributed by atoms with Crippen molar-refractivity contribution in [2.75, 3.05) is 11.1 Å². The summed E-state index contributed by atoms with van der Waals surface area (Å²) in [6.07, 6.45) is 1.20. The Kier molecular flexibility index (Phi) is 5.02. The third-order valence-corrected chi connectivity index (χ3v) is 3.31. The van der Waals surface area contributed by atoms with Crippen LogP contribution in [0.1, 0.15) is 30.5 Å². The third kappa shape index (κ3) is 4.10. The zero-order valence-corrected chi connectivity index (χ0v) is 13.5. The van der Waals surface area contributed by atoms with E-state index in [1.54, 1.807) is 31.2 Å². The second-order valence-corrected chi connectivity index (χ2v) is 5.68. The molecule has 4 heteroatoms. The van der Waals surface area contributed by atoms with Crippen LogP contribution in [-0.2, 0) is 0 Å². The van der Waals surface area contributed by atoms with Crippen molar-refractivity contribution < 1.29 is 4.39 Å². The molecule has 0 spiro atoms. The highest BCUT2D eigenvalue weighted by atomic mass is 19.1. The van der Waals surface area contributed by atoms with E-state index in [-0.39, 0.29) is 11.7 Å². The van der Waals surface area contributed by atoms with Gasteiger partial charge in [0.1, 0.15) is 5.82 Å². The van der Waals surface area contributed by atoms with Gasteiger partial charge in [-0.3, -0.25) is 0 Å². The Morgan fingerprint density at radius 3 is 2.61 bits per heavy atom. The van der Waals surface area contributed by atoms with Gasteiger partial charge in [-0.15, -0.1) is 0 Å². The van der Waals surface area contributed by atoms with Crippen molar-refractivity contribution >= 4 is 23.3 Å². The first-order chi connectivity index (χ1) is 10.9. The van der Waals surface area contributed by atoms with Crippen molar-refractivity contribution in [1.82, 2.24) is 0 Å². The van der Waals surface area contributed by atoms with E-state index in [0.717, 1.165) is 16.9 Å². The molecule has 2 rings (SSSR count). The van der Waals surface area contributed by atoms with Gasteiger partial charge in [0.05, 0.1) is 11.3 Å². The van der Waals surface area contributed by atoms with Crippen LogP contribution in [0.4, 0.5) is 21.5 Å². The van der Waals surface area contributed by atoms with E-state index in [1.165, 1.54) is 12.3 Å². The minimum atomic E-state index is -0.243. The minimum Gasteiger partial charge on any atom is -0.398 e. The minimum absolute atomic E-state index is 0.236. The summed E-state index contributed by atoms with van der Waals surface area (Å²) in [5.74, 6) is 6.21. The Bertz CT molecular complexity index is 798. The molecule has 0 heterocycles. The molecule has 0 aliphatic heterocycles. The molecule has 2 aromatic carbocycles. The fraction of sp³-hybridized carbons (Fsp3) is 0.211. The standard InChI is InChI=1S/C19H20FN3/c1-12(2)4-5-14-9-18(22)15(11-21)10-19(14)23-16-6-7-17(20)13(3)8-16/h6-12,21,23H,22H2,1-3H3. The molecule has 3 nitrogen and oxygen atoms in total. The highest BCUT2D eigenvalue weighted by Gasteiger charge is 2.07. The van der Waals surface area contributed by atoms with E-state index < -0.39 is 0 Å². The molecule has 0 bridgehead atoms. The summed E-state index contributed by atoms with van der Waals surface area (Å²) in [4.78, 5) is 0. The van der Waals surface area contributed by atoms with Gasteiger partial charge in [0.25, 0.3) is 0 Å². The number of anilines is 3. The molecule has 0 aromatic heterocycles. The summed E-state index contributed by atoms with van der Waals surface area (Å²) in [6.45, 7) is 5.74. The summed E-state index contributed by atoms with van der Waals surface area (Å²) in [5.41, 5.74) is 9.89. The van der Waals surface area contributed by atoms with Gasteiger partial charge in [0, 0.05) is 29.1 Å². The average Bonchev–Trinajstić information content (AvgIpc) is 2.50. The number of rotatable bonds is 3. The van der Waals surface area contributed by atoms with Crippen LogP contribution in [0, 0.1) is 35.9 Å². The highest BCUT2D eigenvalue weighted by Crippen LogP contribution is 2.26. The van der Waals surface area contributed by atoms with Crippen LogP contribution in [0.25, 0.3) is 0 Å². The molecule has 23 heavy (non-hydrogen) atoms. The van der Waals surface area contributed by atoms with Gasteiger partial charge >= 0.3 is 0 Å². The Balaban J connectivity index is 2.48. The Morgan fingerprint density at radius 1 is 1.26 bits per heavy atom. The van der Waals surface area contributed by atoms with Crippen molar-refractivity contribution in [2.24, 2.45) is 5.92 Å². The maximum atomic E-state index is 13.4. The van der Waals surface area contributed by atoms with Gasteiger partial charge in [-0.1, -0.05) is 25.7 Å². The lowest BCUT2D eigenvalue weighted by Gasteiger charge is -2.12. The van der Waals surface area contributed by atoms with Crippen molar-refractivity contribution in [3.63, 3.8) is 0 Å². The molecule has 0 amide bonds. The molecule has 0 aliphatic carbocycles. The summed E-state index contributed by atoms with van der Waals surface area (Å²) in [7, 11) is 0. The molecule has 0 saturated heterocycles. The largest absolute Gasteiger partial charge is 0.398 e. The molecule has 0 atom stereocenters. The maximum Gasteiger partial charge on any atom is 0.126 e. The first-order valence-electron chi connectivity index (χ1n) is 7.39. The zero-order chi connectivity index (χ0) is 17.0.